The van der Waals surface area contributed by atoms with E-state index in [9.17, 15) is 21.6 Å². The summed E-state index contributed by atoms with van der Waals surface area (Å²) in [5.41, 5.74) is 1.48. The largest absolute Gasteiger partial charge is 0.420 e. The molecule has 1 saturated heterocycles. The van der Waals surface area contributed by atoms with Gasteiger partial charge in [-0.25, -0.2) is 18.4 Å². The summed E-state index contributed by atoms with van der Waals surface area (Å²) < 4.78 is 67.2. The molecule has 0 radical (unpaired) electrons. The Morgan fingerprint density at radius 3 is 2.82 bits per heavy atom. The molecular formula is C25H28F3N5O2S3. The molecule has 5 rings (SSSR count). The second-order valence-corrected chi connectivity index (χ2v) is 13.6. The van der Waals surface area contributed by atoms with E-state index in [0.717, 1.165) is 48.4 Å². The van der Waals surface area contributed by atoms with E-state index >= 15 is 0 Å². The number of anilines is 3. The van der Waals surface area contributed by atoms with Crippen LogP contribution in [0.2, 0.25) is 0 Å². The first-order valence-electron chi connectivity index (χ1n) is 12.3. The van der Waals surface area contributed by atoms with Gasteiger partial charge in [-0.2, -0.15) is 24.9 Å². The molecule has 2 aromatic heterocycles. The Balaban J connectivity index is 1.51. The van der Waals surface area contributed by atoms with E-state index in [1.165, 1.54) is 17.8 Å². The Labute approximate surface area is 228 Å². The average molecular weight is 584 g/mol. The Morgan fingerprint density at radius 1 is 1.26 bits per heavy atom. The van der Waals surface area contributed by atoms with E-state index in [1.807, 2.05) is 19.1 Å². The molecule has 4 heterocycles. The van der Waals surface area contributed by atoms with Gasteiger partial charge < -0.3 is 15.5 Å². The third-order valence-electron chi connectivity index (χ3n) is 6.71. The van der Waals surface area contributed by atoms with Gasteiger partial charge in [0.25, 0.3) is 0 Å². The lowest BCUT2D eigenvalue weighted by Gasteiger charge is -2.36. The first-order valence-corrected chi connectivity index (χ1v) is 15.9. The zero-order chi connectivity index (χ0) is 27.1. The molecular weight excluding hydrogens is 556 g/mol. The SMILES string of the molecule is CCc1cc(N2CCNC[C@@H]2C)ccc1Nc1ncc(C(F)(F)F)c(-c2cc3c(s2)CSCCS3(=O)=O)n1. The number of aromatic nitrogens is 2. The molecule has 38 heavy (non-hydrogen) atoms. The molecule has 2 aliphatic heterocycles. The number of thiophene rings is 1. The number of fused-ring (bicyclic) bond motifs is 1. The minimum Gasteiger partial charge on any atom is -0.366 e. The molecule has 2 aliphatic rings. The summed E-state index contributed by atoms with van der Waals surface area (Å²) in [5.74, 6) is 0.883. The maximum atomic E-state index is 13.9. The van der Waals surface area contributed by atoms with Gasteiger partial charge in [-0.15, -0.1) is 11.3 Å². The molecule has 0 unspecified atom stereocenters. The molecule has 0 amide bonds. The zero-order valence-corrected chi connectivity index (χ0v) is 23.4. The van der Waals surface area contributed by atoms with E-state index in [0.29, 0.717) is 34.5 Å². The van der Waals surface area contributed by atoms with Crippen molar-refractivity contribution in [2.45, 2.75) is 43.1 Å². The van der Waals surface area contributed by atoms with E-state index < -0.39 is 21.6 Å². The van der Waals surface area contributed by atoms with Crippen LogP contribution in [0.3, 0.4) is 0 Å². The minimum atomic E-state index is -4.70. The number of nitrogens with one attached hydrogen (secondary N) is 2. The number of hydrogen-bond acceptors (Lipinski definition) is 9. The van der Waals surface area contributed by atoms with Crippen molar-refractivity contribution in [2.75, 3.05) is 41.4 Å². The fourth-order valence-corrected chi connectivity index (χ4v) is 9.47. The second-order valence-electron chi connectivity index (χ2n) is 9.29. The Kier molecular flexibility index (Phi) is 7.64. The van der Waals surface area contributed by atoms with Crippen molar-refractivity contribution in [3.05, 3.63) is 46.5 Å². The first-order chi connectivity index (χ1) is 18.1. The predicted octanol–water partition coefficient (Wildman–Crippen LogP) is 5.35. The highest BCUT2D eigenvalue weighted by Crippen LogP contribution is 2.43. The number of piperazine rings is 1. The summed E-state index contributed by atoms with van der Waals surface area (Å²) in [4.78, 5) is 11.4. The van der Waals surface area contributed by atoms with Crippen molar-refractivity contribution in [1.29, 1.82) is 0 Å². The van der Waals surface area contributed by atoms with Gasteiger partial charge in [-0.1, -0.05) is 6.92 Å². The van der Waals surface area contributed by atoms with Crippen molar-refractivity contribution in [3.8, 4) is 10.6 Å². The number of thioether (sulfide) groups is 1. The number of halogens is 3. The van der Waals surface area contributed by atoms with Crippen LogP contribution in [0.25, 0.3) is 10.6 Å². The highest BCUT2D eigenvalue weighted by atomic mass is 32.2. The molecule has 0 spiro atoms. The molecule has 1 aromatic carbocycles. The number of nitrogens with zero attached hydrogens (tertiary/aromatic N) is 3. The molecule has 7 nitrogen and oxygen atoms in total. The minimum absolute atomic E-state index is 0.0202. The highest BCUT2D eigenvalue weighted by molar-refractivity contribution is 8.00. The van der Waals surface area contributed by atoms with Gasteiger partial charge >= 0.3 is 6.18 Å². The van der Waals surface area contributed by atoms with Gasteiger partial charge in [0, 0.05) is 59.6 Å². The fourth-order valence-electron chi connectivity index (χ4n) is 4.69. The maximum absolute atomic E-state index is 13.9. The average Bonchev–Trinajstić information content (AvgIpc) is 3.26. The summed E-state index contributed by atoms with van der Waals surface area (Å²) in [7, 11) is -3.56. The normalized spacial score (nSPS) is 19.6. The van der Waals surface area contributed by atoms with Crippen LogP contribution >= 0.6 is 23.1 Å². The van der Waals surface area contributed by atoms with Crippen LogP contribution in [0.1, 0.15) is 29.9 Å². The number of aryl methyl sites for hydroxylation is 1. The van der Waals surface area contributed by atoms with E-state index in [4.69, 9.17) is 0 Å². The highest BCUT2D eigenvalue weighted by Gasteiger charge is 2.37. The lowest BCUT2D eigenvalue weighted by molar-refractivity contribution is -0.137. The quantitative estimate of drug-likeness (QED) is 0.416. The standard InChI is InChI=1S/C25H28F3N5O2S3/c1-3-16-10-17(33-7-6-29-12-15(33)2)4-5-19(16)31-24-30-13-18(25(26,27)28)23(32-24)20-11-22-21(37-20)14-36-8-9-38(22,34)35/h4-5,10-11,13,15,29H,3,6-9,12,14H2,1-2H3,(H,30,31,32)/t15-/m0/s1. The van der Waals surface area contributed by atoms with Gasteiger partial charge in [-0.05, 0) is 43.2 Å². The van der Waals surface area contributed by atoms with Crippen molar-refractivity contribution >= 4 is 50.3 Å². The summed E-state index contributed by atoms with van der Waals surface area (Å²) in [5, 5.41) is 6.48. The first kappa shape index (κ1) is 27.2. The van der Waals surface area contributed by atoms with Crippen LogP contribution in [0, 0.1) is 0 Å². The molecule has 1 fully saturated rings. The molecule has 13 heteroatoms. The third kappa shape index (κ3) is 5.51. The van der Waals surface area contributed by atoms with Crippen LogP contribution in [0.5, 0.6) is 0 Å². The van der Waals surface area contributed by atoms with Crippen molar-refractivity contribution < 1.29 is 21.6 Å². The lowest BCUT2D eigenvalue weighted by atomic mass is 10.1. The molecule has 0 bridgehead atoms. The van der Waals surface area contributed by atoms with Gasteiger partial charge in [0.1, 0.15) is 5.56 Å². The Hall–Kier alpha value is -2.35. The van der Waals surface area contributed by atoms with Crippen LogP contribution in [0.15, 0.2) is 35.4 Å². The summed E-state index contributed by atoms with van der Waals surface area (Å²) in [6, 6.07) is 7.67. The number of hydrogen-bond donors (Lipinski definition) is 2. The summed E-state index contributed by atoms with van der Waals surface area (Å²) in [6.45, 7) is 6.87. The maximum Gasteiger partial charge on any atom is 0.420 e. The fraction of sp³-hybridized carbons (Fsp3) is 0.440. The monoisotopic (exact) mass is 583 g/mol. The zero-order valence-electron chi connectivity index (χ0n) is 20.9. The number of alkyl halides is 3. The molecule has 204 valence electrons. The molecule has 3 aromatic rings. The second kappa shape index (κ2) is 10.7. The number of benzene rings is 1. The molecule has 0 aliphatic carbocycles. The molecule has 1 atom stereocenters. The van der Waals surface area contributed by atoms with Gasteiger partial charge in [0.2, 0.25) is 5.95 Å². The van der Waals surface area contributed by atoms with Crippen molar-refractivity contribution in [1.82, 2.24) is 15.3 Å². The predicted molar refractivity (Wildman–Crippen MR) is 147 cm³/mol. The summed E-state index contributed by atoms with van der Waals surface area (Å²) >= 11 is 2.50. The number of rotatable bonds is 5. The van der Waals surface area contributed by atoms with Gasteiger partial charge in [0.05, 0.1) is 21.2 Å². The van der Waals surface area contributed by atoms with Crippen molar-refractivity contribution in [2.24, 2.45) is 0 Å². The smallest absolute Gasteiger partial charge is 0.366 e. The molecule has 0 saturated carbocycles. The Bertz CT molecular complexity index is 1440. The third-order valence-corrected chi connectivity index (χ3v) is 11.2. The van der Waals surface area contributed by atoms with Gasteiger partial charge in [0.15, 0.2) is 9.84 Å². The van der Waals surface area contributed by atoms with Crippen LogP contribution in [-0.4, -0.2) is 55.6 Å². The lowest BCUT2D eigenvalue weighted by Crippen LogP contribution is -2.49. The number of sulfone groups is 1. The van der Waals surface area contributed by atoms with Crippen LogP contribution in [0.4, 0.5) is 30.5 Å². The summed E-state index contributed by atoms with van der Waals surface area (Å²) in [6.07, 6.45) is -3.22. The topological polar surface area (TPSA) is 87.2 Å². The van der Waals surface area contributed by atoms with E-state index in [2.05, 4.69) is 38.5 Å². The van der Waals surface area contributed by atoms with E-state index in [-0.39, 0.29) is 27.2 Å². The van der Waals surface area contributed by atoms with E-state index in [1.54, 1.807) is 0 Å². The molecule has 2 N–H and O–H groups in total. The van der Waals surface area contributed by atoms with Crippen molar-refractivity contribution in [3.63, 3.8) is 0 Å². The van der Waals surface area contributed by atoms with Crippen LogP contribution < -0.4 is 15.5 Å². The van der Waals surface area contributed by atoms with Gasteiger partial charge in [-0.3, -0.25) is 0 Å². The van der Waals surface area contributed by atoms with Crippen LogP contribution in [-0.2, 0) is 28.2 Å². The Morgan fingerprint density at radius 2 is 2.08 bits per heavy atom.